The quantitative estimate of drug-likeness (QED) is 0.392. The zero-order chi connectivity index (χ0) is 12.0. The highest BCUT2D eigenvalue weighted by molar-refractivity contribution is 8.28. The largest absolute Gasteiger partial charge is 0.334 e. The molecule has 0 saturated carbocycles. The van der Waals surface area contributed by atoms with E-state index in [-0.39, 0.29) is 0 Å². The summed E-state index contributed by atoms with van der Waals surface area (Å²) in [6.45, 7) is 4.56. The summed E-state index contributed by atoms with van der Waals surface area (Å²) >= 11 is 1.92. The van der Waals surface area contributed by atoms with Crippen molar-refractivity contribution in [2.45, 2.75) is 39.5 Å². The smallest absolute Gasteiger partial charge is 0.332 e. The maximum absolute atomic E-state index is 3.28. The van der Waals surface area contributed by atoms with Crippen LogP contribution in [0.2, 0.25) is 0 Å². The van der Waals surface area contributed by atoms with E-state index in [0.29, 0.717) is 12.0 Å². The van der Waals surface area contributed by atoms with Crippen LogP contribution in [0.5, 0.6) is 0 Å². The Morgan fingerprint density at radius 3 is 2.81 bits per heavy atom. The van der Waals surface area contributed by atoms with Crippen molar-refractivity contribution < 1.29 is 0 Å². The van der Waals surface area contributed by atoms with E-state index in [2.05, 4.69) is 50.2 Å². The van der Waals surface area contributed by atoms with E-state index in [9.17, 15) is 0 Å². The normalized spacial score (nSPS) is 16.8. The Hall–Kier alpha value is -0.325. The van der Waals surface area contributed by atoms with Crippen LogP contribution in [0.4, 0.5) is 0 Å². The lowest BCUT2D eigenvalue weighted by Gasteiger charge is -2.21. The molecule has 16 heavy (non-hydrogen) atoms. The van der Waals surface area contributed by atoms with Gasteiger partial charge in [0.15, 0.2) is 0 Å². The van der Waals surface area contributed by atoms with Gasteiger partial charge in [0.2, 0.25) is 0 Å². The van der Waals surface area contributed by atoms with Crippen molar-refractivity contribution in [2.24, 2.45) is 5.92 Å². The van der Waals surface area contributed by atoms with E-state index in [1.165, 1.54) is 30.6 Å². The predicted octanol–water partition coefficient (Wildman–Crippen LogP) is 3.73. The molecule has 0 amide bonds. The predicted molar refractivity (Wildman–Crippen MR) is 75.4 cm³/mol. The van der Waals surface area contributed by atoms with Crippen LogP contribution in [0, 0.1) is 5.92 Å². The Morgan fingerprint density at radius 2 is 2.19 bits per heavy atom. The number of hydrogen-bond donors (Lipinski definition) is 0. The van der Waals surface area contributed by atoms with E-state index in [4.69, 9.17) is 0 Å². The van der Waals surface area contributed by atoms with Crippen LogP contribution in [0.25, 0.3) is 0 Å². The van der Waals surface area contributed by atoms with E-state index in [1.807, 2.05) is 11.6 Å². The van der Waals surface area contributed by atoms with Crippen LogP contribution in [0.15, 0.2) is 22.3 Å². The Balaban J connectivity index is 2.49. The van der Waals surface area contributed by atoms with Gasteiger partial charge in [-0.25, -0.2) is 0 Å². The number of rotatable bonds is 6. The Labute approximate surface area is 105 Å². The molecule has 0 bridgehead atoms. The molecule has 1 rings (SSSR count). The van der Waals surface area contributed by atoms with Gasteiger partial charge in [-0.2, -0.15) is 0 Å². The van der Waals surface area contributed by atoms with E-state index in [0.717, 1.165) is 0 Å². The first-order valence-corrected chi connectivity index (χ1v) is 7.08. The van der Waals surface area contributed by atoms with Gasteiger partial charge >= 0.3 is 6.13 Å². The Bertz CT molecular complexity index is 312. The summed E-state index contributed by atoms with van der Waals surface area (Å²) in [5.41, 5.74) is 6.44. The molecule has 0 radical (unpaired) electrons. The molecule has 1 aliphatic heterocycles. The topological polar surface area (TPSA) is 3.24 Å². The van der Waals surface area contributed by atoms with E-state index >= 15 is 0 Å². The summed E-state index contributed by atoms with van der Waals surface area (Å²) in [5, 5.41) is 0. The minimum atomic E-state index is 0.435. The molecule has 0 aromatic carbocycles. The molecular weight excluding hydrogens is 213 g/mol. The zero-order valence-electron chi connectivity index (χ0n) is 10.9. The third-order valence-corrected chi connectivity index (χ3v) is 4.42. The fraction of sp³-hybridized carbons (Fsp3) is 0.692. The van der Waals surface area contributed by atoms with Gasteiger partial charge in [-0.05, 0) is 32.4 Å². The van der Waals surface area contributed by atoms with Crippen LogP contribution in [-0.4, -0.2) is 25.0 Å². The first-order valence-electron chi connectivity index (χ1n) is 6.20. The fourth-order valence-corrected chi connectivity index (χ4v) is 2.78. The molecule has 0 spiro atoms. The molecule has 3 heteroatoms. The van der Waals surface area contributed by atoms with Gasteiger partial charge in [-0.1, -0.05) is 44.6 Å². The molecule has 0 saturated heterocycles. The summed E-state index contributed by atoms with van der Waals surface area (Å²) in [4.78, 5) is 3.59. The molecule has 0 aromatic heterocycles. The summed E-state index contributed by atoms with van der Waals surface area (Å²) in [7, 11) is 4.22. The molecule has 1 aliphatic rings. The van der Waals surface area contributed by atoms with Crippen molar-refractivity contribution >= 4 is 17.7 Å². The summed E-state index contributed by atoms with van der Waals surface area (Å²) < 4.78 is 0. The SMILES string of the molecule is CCCCCC(C)C1=C=C=CB(N(C)C)S1. The number of hydrogen-bond acceptors (Lipinski definition) is 2. The first kappa shape index (κ1) is 13.7. The highest BCUT2D eigenvalue weighted by Gasteiger charge is 2.21. The van der Waals surface area contributed by atoms with Gasteiger partial charge < -0.3 is 4.81 Å². The van der Waals surface area contributed by atoms with Gasteiger partial charge in [-0.3, -0.25) is 0 Å². The first-order chi connectivity index (χ1) is 7.65. The third kappa shape index (κ3) is 4.27. The molecule has 1 heterocycles. The van der Waals surface area contributed by atoms with Crippen LogP contribution in [0.3, 0.4) is 0 Å². The second kappa shape index (κ2) is 7.09. The molecule has 1 nitrogen and oxygen atoms in total. The van der Waals surface area contributed by atoms with Crippen molar-refractivity contribution in [3.63, 3.8) is 0 Å². The molecule has 0 fully saturated rings. The van der Waals surface area contributed by atoms with Crippen LogP contribution in [-0.2, 0) is 0 Å². The summed E-state index contributed by atoms with van der Waals surface area (Å²) in [5.74, 6) is 2.73. The highest BCUT2D eigenvalue weighted by atomic mass is 32.2. The molecule has 88 valence electrons. The Morgan fingerprint density at radius 1 is 1.44 bits per heavy atom. The molecular formula is C13H22BNS. The van der Waals surface area contributed by atoms with Gasteiger partial charge in [0, 0.05) is 4.91 Å². The average molecular weight is 235 g/mol. The van der Waals surface area contributed by atoms with Crippen molar-refractivity contribution in [2.75, 3.05) is 14.1 Å². The monoisotopic (exact) mass is 235 g/mol. The minimum absolute atomic E-state index is 0.435. The lowest BCUT2D eigenvalue weighted by atomic mass is 9.90. The summed E-state index contributed by atoms with van der Waals surface area (Å²) in [6.07, 6.45) is 5.70. The van der Waals surface area contributed by atoms with E-state index in [1.54, 1.807) is 0 Å². The second-order valence-electron chi connectivity index (χ2n) is 4.67. The third-order valence-electron chi connectivity index (χ3n) is 2.87. The van der Waals surface area contributed by atoms with Gasteiger partial charge in [0.05, 0.1) is 0 Å². The Kier molecular flexibility index (Phi) is 6.09. The minimum Gasteiger partial charge on any atom is -0.334 e. The lowest BCUT2D eigenvalue weighted by Crippen LogP contribution is -2.28. The van der Waals surface area contributed by atoms with Crippen molar-refractivity contribution in [1.82, 2.24) is 4.81 Å². The molecule has 0 N–H and O–H groups in total. The highest BCUT2D eigenvalue weighted by Crippen LogP contribution is 2.31. The van der Waals surface area contributed by atoms with Gasteiger partial charge in [-0.15, -0.1) is 11.6 Å². The molecule has 0 aliphatic carbocycles. The van der Waals surface area contributed by atoms with Gasteiger partial charge in [0.25, 0.3) is 0 Å². The van der Waals surface area contributed by atoms with Crippen molar-refractivity contribution in [1.29, 1.82) is 0 Å². The second-order valence-corrected chi connectivity index (χ2v) is 5.83. The average Bonchev–Trinajstić information content (AvgIpc) is 2.29. The van der Waals surface area contributed by atoms with Crippen LogP contribution in [0.1, 0.15) is 39.5 Å². The number of unbranched alkanes of at least 4 members (excludes halogenated alkanes) is 2. The molecule has 0 aromatic rings. The molecule has 1 atom stereocenters. The summed E-state index contributed by atoms with van der Waals surface area (Å²) in [6, 6.07) is 0. The number of nitrogens with zero attached hydrogens (tertiary/aromatic N) is 1. The maximum Gasteiger partial charge on any atom is 0.332 e. The van der Waals surface area contributed by atoms with Crippen molar-refractivity contribution in [3.8, 4) is 0 Å². The maximum atomic E-state index is 3.28. The van der Waals surface area contributed by atoms with Crippen LogP contribution >= 0.6 is 11.6 Å². The van der Waals surface area contributed by atoms with Gasteiger partial charge in [0.1, 0.15) is 0 Å². The standard InChI is InChI=1S/C13H22BNS/c1-5-6-7-9-12(2)13-10-8-11-14(16-13)15(3)4/h11-12H,5-7,9H2,1-4H3. The van der Waals surface area contributed by atoms with Crippen molar-refractivity contribution in [3.05, 3.63) is 22.3 Å². The molecule has 1 unspecified atom stereocenters. The lowest BCUT2D eigenvalue weighted by molar-refractivity contribution is 0.571. The fourth-order valence-electron chi connectivity index (χ4n) is 1.70. The van der Waals surface area contributed by atoms with Crippen LogP contribution < -0.4 is 0 Å². The zero-order valence-corrected chi connectivity index (χ0v) is 11.7. The number of allylic oxidation sites excluding steroid dienone is 1. The van der Waals surface area contributed by atoms with E-state index < -0.39 is 0 Å².